The summed E-state index contributed by atoms with van der Waals surface area (Å²) in [4.78, 5) is 14.7. The van der Waals surface area contributed by atoms with E-state index < -0.39 is 0 Å². The first-order valence-corrected chi connectivity index (χ1v) is 10.1. The van der Waals surface area contributed by atoms with Crippen LogP contribution in [0.1, 0.15) is 28.1 Å². The van der Waals surface area contributed by atoms with Crippen LogP contribution in [0.2, 0.25) is 5.02 Å². The summed E-state index contributed by atoms with van der Waals surface area (Å²) in [5.74, 6) is 0.227. The second-order valence-electron chi connectivity index (χ2n) is 6.28. The molecule has 0 spiro atoms. The van der Waals surface area contributed by atoms with Crippen molar-refractivity contribution in [3.05, 3.63) is 81.5 Å². The highest BCUT2D eigenvalue weighted by atomic mass is 35.5. The van der Waals surface area contributed by atoms with Gasteiger partial charge in [-0.25, -0.2) is 0 Å². The molecule has 3 aromatic rings. The summed E-state index contributed by atoms with van der Waals surface area (Å²) >= 11 is 7.61. The molecule has 0 atom stereocenters. The lowest BCUT2D eigenvalue weighted by molar-refractivity contribution is 0.0797. The van der Waals surface area contributed by atoms with Gasteiger partial charge in [-0.05, 0) is 48.4 Å². The summed E-state index contributed by atoms with van der Waals surface area (Å²) in [7, 11) is 0. The number of thiophene rings is 1. The van der Waals surface area contributed by atoms with Gasteiger partial charge in [0, 0.05) is 23.7 Å². The third-order valence-corrected chi connectivity index (χ3v) is 5.74. The van der Waals surface area contributed by atoms with Gasteiger partial charge in [0.1, 0.15) is 0 Å². The Morgan fingerprint density at radius 2 is 1.62 bits per heavy atom. The molecule has 0 N–H and O–H groups in total. The number of rotatable bonds is 2. The molecule has 0 saturated carbocycles. The van der Waals surface area contributed by atoms with Gasteiger partial charge in [0.2, 0.25) is 0 Å². The van der Waals surface area contributed by atoms with Crippen molar-refractivity contribution in [2.45, 2.75) is 19.8 Å². The van der Waals surface area contributed by atoms with Gasteiger partial charge >= 0.3 is 0 Å². The van der Waals surface area contributed by atoms with Crippen LogP contribution in [0.4, 0.5) is 0 Å². The third-order valence-electron chi connectivity index (χ3n) is 4.41. The zero-order valence-electron chi connectivity index (χ0n) is 14.8. The quantitative estimate of drug-likeness (QED) is 0.508. The fourth-order valence-electron chi connectivity index (χ4n) is 2.97. The predicted molar refractivity (Wildman–Crippen MR) is 111 cm³/mol. The molecule has 1 fully saturated rings. The molecule has 2 heterocycles. The second-order valence-corrected chi connectivity index (χ2v) is 7.60. The van der Waals surface area contributed by atoms with Crippen molar-refractivity contribution in [3.8, 4) is 11.1 Å². The van der Waals surface area contributed by atoms with Gasteiger partial charge in [0.05, 0.1) is 4.88 Å². The molecule has 2 aromatic carbocycles. The Hall–Kier alpha value is -2.10. The number of halogens is 1. The summed E-state index contributed by atoms with van der Waals surface area (Å²) in [5, 5.41) is 2.78. The molecule has 0 unspecified atom stereocenters. The molecule has 2 nitrogen and oxygen atoms in total. The summed E-state index contributed by atoms with van der Waals surface area (Å²) in [6.07, 6.45) is 2.33. The maximum absolute atomic E-state index is 11.9. The fraction of sp³-hybridized carbons (Fsp3) is 0.227. The van der Waals surface area contributed by atoms with Crippen LogP contribution in [0.5, 0.6) is 0 Å². The summed E-state index contributed by atoms with van der Waals surface area (Å²) < 4.78 is 0. The average Bonchev–Trinajstić information content (AvgIpc) is 3.35. The van der Waals surface area contributed by atoms with Gasteiger partial charge in [-0.15, -0.1) is 11.3 Å². The molecule has 0 aliphatic carbocycles. The van der Waals surface area contributed by atoms with Gasteiger partial charge in [-0.2, -0.15) is 0 Å². The highest BCUT2D eigenvalue weighted by molar-refractivity contribution is 7.12. The molecule has 134 valence electrons. The minimum Gasteiger partial charge on any atom is -0.338 e. The van der Waals surface area contributed by atoms with Crippen LogP contribution in [-0.2, 0) is 0 Å². The van der Waals surface area contributed by atoms with Crippen LogP contribution in [0.3, 0.4) is 0 Å². The molecule has 1 saturated heterocycles. The Morgan fingerprint density at radius 1 is 0.962 bits per heavy atom. The van der Waals surface area contributed by atoms with Crippen molar-refractivity contribution in [1.82, 2.24) is 4.90 Å². The maximum Gasteiger partial charge on any atom is 0.264 e. The third kappa shape index (κ3) is 4.54. The lowest BCUT2D eigenvalue weighted by Gasteiger charge is -2.14. The summed E-state index contributed by atoms with van der Waals surface area (Å²) in [5.41, 5.74) is 3.36. The topological polar surface area (TPSA) is 20.3 Å². The molecule has 1 amide bonds. The standard InChI is InChI=1S/C12H9Cl.C10H13NOS/c13-12-9-5-4-8-11(12)10-6-2-1-3-7-10;1-8-4-7-13-9(8)10(12)11-5-2-3-6-11/h1-9H;4,7H,2-3,5-6H2,1H3. The number of nitrogens with zero attached hydrogens (tertiary/aromatic N) is 1. The number of hydrogen-bond donors (Lipinski definition) is 0. The first kappa shape index (κ1) is 18.7. The van der Waals surface area contributed by atoms with Crippen molar-refractivity contribution >= 4 is 28.8 Å². The number of amides is 1. The van der Waals surface area contributed by atoms with Crippen LogP contribution in [0, 0.1) is 6.92 Å². The van der Waals surface area contributed by atoms with E-state index in [0.717, 1.165) is 52.5 Å². The molecule has 0 bridgehead atoms. The zero-order valence-corrected chi connectivity index (χ0v) is 16.4. The van der Waals surface area contributed by atoms with Gasteiger partial charge in [-0.3, -0.25) is 4.79 Å². The lowest BCUT2D eigenvalue weighted by Crippen LogP contribution is -2.27. The van der Waals surface area contributed by atoms with Crippen LogP contribution >= 0.6 is 22.9 Å². The van der Waals surface area contributed by atoms with Crippen molar-refractivity contribution in [1.29, 1.82) is 0 Å². The van der Waals surface area contributed by atoms with E-state index in [9.17, 15) is 4.79 Å². The molecule has 26 heavy (non-hydrogen) atoms. The van der Waals surface area contributed by atoms with Crippen LogP contribution < -0.4 is 0 Å². The maximum atomic E-state index is 11.9. The molecule has 1 aliphatic rings. The van der Waals surface area contributed by atoms with E-state index in [1.165, 1.54) is 0 Å². The Balaban J connectivity index is 0.000000151. The Labute approximate surface area is 164 Å². The average molecular weight is 384 g/mol. The number of carbonyl (C=O) groups excluding carboxylic acids is 1. The fourth-order valence-corrected chi connectivity index (χ4v) is 4.11. The van der Waals surface area contributed by atoms with Gasteiger partial charge < -0.3 is 4.90 Å². The number of aryl methyl sites for hydroxylation is 1. The van der Waals surface area contributed by atoms with E-state index in [4.69, 9.17) is 11.6 Å². The van der Waals surface area contributed by atoms with Crippen molar-refractivity contribution < 1.29 is 4.79 Å². The summed E-state index contributed by atoms with van der Waals surface area (Å²) in [6.45, 7) is 3.88. The molecule has 4 rings (SSSR count). The highest BCUT2D eigenvalue weighted by Crippen LogP contribution is 2.26. The minimum absolute atomic E-state index is 0.227. The number of hydrogen-bond acceptors (Lipinski definition) is 2. The Bertz CT molecular complexity index is 853. The normalized spacial score (nSPS) is 13.2. The van der Waals surface area contributed by atoms with Crippen LogP contribution in [-0.4, -0.2) is 23.9 Å². The molecular weight excluding hydrogens is 362 g/mol. The van der Waals surface area contributed by atoms with E-state index >= 15 is 0 Å². The van der Waals surface area contributed by atoms with E-state index in [2.05, 4.69) is 12.1 Å². The number of likely N-dealkylation sites (tertiary alicyclic amines) is 1. The van der Waals surface area contributed by atoms with Crippen LogP contribution in [0.15, 0.2) is 66.0 Å². The van der Waals surface area contributed by atoms with Crippen LogP contribution in [0.25, 0.3) is 11.1 Å². The van der Waals surface area contributed by atoms with E-state index in [-0.39, 0.29) is 5.91 Å². The lowest BCUT2D eigenvalue weighted by atomic mass is 10.1. The monoisotopic (exact) mass is 383 g/mol. The SMILES string of the molecule is Cc1ccsc1C(=O)N1CCCC1.Clc1ccccc1-c1ccccc1. The minimum atomic E-state index is 0.227. The molecule has 0 radical (unpaired) electrons. The van der Waals surface area contributed by atoms with Gasteiger partial charge in [0.15, 0.2) is 0 Å². The van der Waals surface area contributed by atoms with Crippen molar-refractivity contribution in [2.24, 2.45) is 0 Å². The highest BCUT2D eigenvalue weighted by Gasteiger charge is 2.21. The second kappa shape index (κ2) is 9.02. The van der Waals surface area contributed by atoms with Gasteiger partial charge in [0.25, 0.3) is 5.91 Å². The van der Waals surface area contributed by atoms with E-state index in [1.54, 1.807) is 11.3 Å². The van der Waals surface area contributed by atoms with Crippen molar-refractivity contribution in [2.75, 3.05) is 13.1 Å². The molecule has 1 aliphatic heterocycles. The first-order valence-electron chi connectivity index (χ1n) is 8.80. The predicted octanol–water partition coefficient (Wildman–Crippen LogP) is 6.30. The molecule has 4 heteroatoms. The van der Waals surface area contributed by atoms with E-state index in [1.807, 2.05) is 65.7 Å². The first-order chi connectivity index (χ1) is 12.7. The largest absolute Gasteiger partial charge is 0.338 e. The molecular formula is C22H22ClNOS. The summed E-state index contributed by atoms with van der Waals surface area (Å²) in [6, 6.07) is 20.0. The Morgan fingerprint density at radius 3 is 2.23 bits per heavy atom. The number of benzene rings is 2. The van der Waals surface area contributed by atoms with Gasteiger partial charge in [-0.1, -0.05) is 60.1 Å². The van der Waals surface area contributed by atoms with Crippen molar-refractivity contribution in [3.63, 3.8) is 0 Å². The number of carbonyl (C=O) groups is 1. The smallest absolute Gasteiger partial charge is 0.264 e. The molecule has 1 aromatic heterocycles. The van der Waals surface area contributed by atoms with E-state index in [0.29, 0.717) is 0 Å². The Kier molecular flexibility index (Phi) is 6.48. The zero-order chi connectivity index (χ0) is 18.4.